The van der Waals surface area contributed by atoms with Crippen LogP contribution in [0.4, 0.5) is 20.7 Å². The fourth-order valence-corrected chi connectivity index (χ4v) is 7.14. The van der Waals surface area contributed by atoms with E-state index in [1.54, 1.807) is 18.9 Å². The second kappa shape index (κ2) is 23.6. The lowest BCUT2D eigenvalue weighted by molar-refractivity contribution is 0.0855. The quantitative estimate of drug-likeness (QED) is 0.0548. The van der Waals surface area contributed by atoms with Crippen LogP contribution in [-0.2, 0) is 35.8 Å². The van der Waals surface area contributed by atoms with E-state index in [1.165, 1.54) is 0 Å². The predicted octanol–water partition coefficient (Wildman–Crippen LogP) is 8.09. The minimum atomic E-state index is -1.13. The van der Waals surface area contributed by atoms with Crippen molar-refractivity contribution in [3.05, 3.63) is 107 Å². The van der Waals surface area contributed by atoms with Gasteiger partial charge in [-0.3, -0.25) is 0 Å². The van der Waals surface area contributed by atoms with Gasteiger partial charge in [0.05, 0.1) is 61.6 Å². The predicted molar refractivity (Wildman–Crippen MR) is 243 cm³/mol. The number of rotatable bonds is 20. The third-order valence-corrected chi connectivity index (χ3v) is 12.4. The molecule has 0 unspecified atom stereocenters. The monoisotopic (exact) mass is 944 g/mol. The van der Waals surface area contributed by atoms with Gasteiger partial charge in [-0.2, -0.15) is 19.9 Å². The molecule has 0 spiro atoms. The summed E-state index contributed by atoms with van der Waals surface area (Å²) >= 11 is 12.2. The summed E-state index contributed by atoms with van der Waals surface area (Å²) in [6.45, 7) is 19.9. The lowest BCUT2D eigenvalue weighted by Gasteiger charge is -2.16. The van der Waals surface area contributed by atoms with E-state index in [9.17, 15) is 8.78 Å². The summed E-state index contributed by atoms with van der Waals surface area (Å²) in [6.07, 6.45) is 12.3. The smallest absolute Gasteiger partial charge is 0.227 e. The van der Waals surface area contributed by atoms with E-state index in [4.69, 9.17) is 32.7 Å². The average Bonchev–Trinajstić information content (AvgIpc) is 3.83. The van der Waals surface area contributed by atoms with Crippen molar-refractivity contribution in [2.75, 3.05) is 23.8 Å². The molecule has 340 valence electrons. The van der Waals surface area contributed by atoms with E-state index >= 15 is 0 Å². The first-order valence-corrected chi connectivity index (χ1v) is 28.0. The summed E-state index contributed by atoms with van der Waals surface area (Å²) in [5.41, 5.74) is 1.69. The molecular formula is C39H56Cl2F2N16O2Si2. The molecule has 0 radical (unpaired) electrons. The van der Waals surface area contributed by atoms with Gasteiger partial charge in [-0.15, -0.1) is 0 Å². The first-order chi connectivity index (χ1) is 29.4. The van der Waals surface area contributed by atoms with Crippen molar-refractivity contribution in [3.8, 4) is 0 Å². The summed E-state index contributed by atoms with van der Waals surface area (Å²) in [5.74, 6) is 1.35. The van der Waals surface area contributed by atoms with Crippen LogP contribution in [0.1, 0.15) is 68.0 Å². The third-order valence-electron chi connectivity index (χ3n) is 8.68. The van der Waals surface area contributed by atoms with Crippen LogP contribution in [0.2, 0.25) is 61.9 Å². The van der Waals surface area contributed by atoms with Crippen LogP contribution in [0, 0.1) is 11.6 Å². The van der Waals surface area contributed by atoms with Gasteiger partial charge in [0, 0.05) is 53.9 Å². The molecule has 24 heteroatoms. The largest absolute Gasteiger partial charge is 0.361 e. The normalized spacial score (nSPS) is 12.5. The van der Waals surface area contributed by atoms with E-state index < -0.39 is 27.8 Å². The average molecular weight is 946 g/mol. The molecule has 2 N–H and O–H groups in total. The van der Waals surface area contributed by atoms with Gasteiger partial charge in [0.15, 0.2) is 11.6 Å². The Labute approximate surface area is 378 Å². The van der Waals surface area contributed by atoms with Gasteiger partial charge in [0.2, 0.25) is 22.5 Å². The van der Waals surface area contributed by atoms with Crippen molar-refractivity contribution in [2.45, 2.75) is 111 Å². The SMILES string of the molecule is C.C[C@H](Nc1nc(Cl)nc(Cc2cn(COCC[Si](C)(C)C)cn2)n1)c1ncc(F)cn1.C[C@H](Nc1nc(Cl)nc(Cc2cncn2COCC[Si](C)(C)C)n1)c1ncc(F)cn1. The van der Waals surface area contributed by atoms with E-state index in [0.717, 1.165) is 61.5 Å². The molecule has 0 aliphatic heterocycles. The highest BCUT2D eigenvalue weighted by molar-refractivity contribution is 6.76. The first-order valence-electron chi connectivity index (χ1n) is 19.8. The number of anilines is 2. The third kappa shape index (κ3) is 17.9. The van der Waals surface area contributed by atoms with Crippen LogP contribution >= 0.6 is 23.2 Å². The molecule has 0 aromatic carbocycles. The van der Waals surface area contributed by atoms with E-state index in [0.29, 0.717) is 49.6 Å². The summed E-state index contributed by atoms with van der Waals surface area (Å²) in [7, 11) is -2.24. The van der Waals surface area contributed by atoms with Crippen LogP contribution in [0.5, 0.6) is 0 Å². The highest BCUT2D eigenvalue weighted by Gasteiger charge is 2.17. The molecule has 18 nitrogen and oxygen atoms in total. The zero-order valence-electron chi connectivity index (χ0n) is 36.0. The standard InChI is InChI=1S/2C19H26ClFN8OSi.CH4/c1-13(17-23-8-14(21)9-24-17)25-19-27-16(26-18(20)28-19)7-15-10-22-11-29(15)12-30-5-6-31(2,3)4;1-13(17-22-8-14(21)9-23-17)25-19-27-16(26-18(20)28-19)7-15-10-29(11-24-15)12-30-5-6-31(2,3)4;/h2*8-11,13H,5-7,12H2,1-4H3,(H,25,26,27,28);1H4/t2*13-;/m00./s1. The Morgan fingerprint density at radius 3 is 1.60 bits per heavy atom. The molecule has 63 heavy (non-hydrogen) atoms. The molecule has 0 saturated carbocycles. The minimum absolute atomic E-state index is 0. The molecule has 6 aromatic heterocycles. The van der Waals surface area contributed by atoms with Crippen LogP contribution in [0.15, 0.2) is 49.8 Å². The molecule has 6 aromatic rings. The molecule has 2 atom stereocenters. The Morgan fingerprint density at radius 1 is 0.635 bits per heavy atom. The fourth-order valence-electron chi connectivity index (χ4n) is 5.27. The zero-order chi connectivity index (χ0) is 44.9. The number of hydrogen-bond donors (Lipinski definition) is 2. The molecule has 0 aliphatic rings. The number of nitrogens with zero attached hydrogens (tertiary/aromatic N) is 14. The van der Waals surface area contributed by atoms with Crippen LogP contribution < -0.4 is 10.6 Å². The van der Waals surface area contributed by atoms with Crippen LogP contribution in [0.3, 0.4) is 0 Å². The maximum atomic E-state index is 13.0. The molecular weight excluding hydrogens is 890 g/mol. The van der Waals surface area contributed by atoms with E-state index in [2.05, 4.69) is 110 Å². The highest BCUT2D eigenvalue weighted by atomic mass is 35.5. The number of halogens is 4. The van der Waals surface area contributed by atoms with Gasteiger partial charge in [0.1, 0.15) is 36.8 Å². The van der Waals surface area contributed by atoms with Gasteiger partial charge >= 0.3 is 0 Å². The molecule has 0 amide bonds. The first kappa shape index (κ1) is 50.6. The molecule has 0 saturated heterocycles. The van der Waals surface area contributed by atoms with Gasteiger partial charge < -0.3 is 29.2 Å². The maximum Gasteiger partial charge on any atom is 0.227 e. The van der Waals surface area contributed by atoms with Crippen molar-refractivity contribution >= 4 is 51.2 Å². The molecule has 0 bridgehead atoms. The van der Waals surface area contributed by atoms with Gasteiger partial charge in [-0.05, 0) is 49.1 Å². The lowest BCUT2D eigenvalue weighted by Crippen LogP contribution is -2.22. The molecule has 0 aliphatic carbocycles. The second-order valence-electron chi connectivity index (χ2n) is 16.7. The maximum absolute atomic E-state index is 13.0. The Hall–Kier alpha value is -5.01. The Bertz CT molecular complexity index is 2310. The topological polar surface area (TPSA) is 207 Å². The van der Waals surface area contributed by atoms with Crippen molar-refractivity contribution < 1.29 is 18.3 Å². The Kier molecular flexibility index (Phi) is 19.0. The number of imidazole rings is 2. The Morgan fingerprint density at radius 2 is 1.11 bits per heavy atom. The summed E-state index contributed by atoms with van der Waals surface area (Å²) in [4.78, 5) is 49.9. The van der Waals surface area contributed by atoms with Crippen molar-refractivity contribution in [1.29, 1.82) is 0 Å². The van der Waals surface area contributed by atoms with Gasteiger partial charge in [0.25, 0.3) is 0 Å². The van der Waals surface area contributed by atoms with Crippen LogP contribution in [-0.4, -0.2) is 98.3 Å². The molecule has 0 fully saturated rings. The molecule has 6 heterocycles. The van der Waals surface area contributed by atoms with Crippen molar-refractivity contribution in [1.82, 2.24) is 68.9 Å². The summed E-state index contributed by atoms with van der Waals surface area (Å²) < 4.78 is 41.4. The van der Waals surface area contributed by atoms with E-state index in [1.807, 2.05) is 29.2 Å². The fraction of sp³-hybridized carbons (Fsp3) is 0.487. The van der Waals surface area contributed by atoms with Crippen molar-refractivity contribution in [3.63, 3.8) is 0 Å². The second-order valence-corrected chi connectivity index (χ2v) is 28.6. The van der Waals surface area contributed by atoms with E-state index in [-0.39, 0.29) is 42.0 Å². The van der Waals surface area contributed by atoms with Gasteiger partial charge in [-0.25, -0.2) is 48.7 Å². The summed E-state index contributed by atoms with van der Waals surface area (Å²) in [6, 6.07) is 1.52. The minimum Gasteiger partial charge on any atom is -0.361 e. The Balaban J connectivity index is 0.000000272. The number of ether oxygens (including phenoxy) is 2. The lowest BCUT2D eigenvalue weighted by atomic mass is 10.3. The van der Waals surface area contributed by atoms with Gasteiger partial charge in [-0.1, -0.05) is 46.7 Å². The number of nitrogens with one attached hydrogen (secondary N) is 2. The molecule has 6 rings (SSSR count). The number of hydrogen-bond acceptors (Lipinski definition) is 16. The zero-order valence-corrected chi connectivity index (χ0v) is 39.5. The van der Waals surface area contributed by atoms with Crippen LogP contribution in [0.25, 0.3) is 0 Å². The number of aromatic nitrogens is 14. The summed E-state index contributed by atoms with van der Waals surface area (Å²) in [5, 5.41) is 6.26. The highest BCUT2D eigenvalue weighted by Crippen LogP contribution is 2.18. The van der Waals surface area contributed by atoms with Crippen molar-refractivity contribution in [2.24, 2.45) is 0 Å².